The van der Waals surface area contributed by atoms with Crippen molar-refractivity contribution in [2.45, 2.75) is 40.2 Å². The van der Waals surface area contributed by atoms with Gasteiger partial charge >= 0.3 is 0 Å². The molecule has 0 aromatic heterocycles. The molecule has 1 aromatic rings. The molecule has 0 N–H and O–H groups in total. The molecular weight excluding hydrogens is 406 g/mol. The van der Waals surface area contributed by atoms with Crippen molar-refractivity contribution in [2.75, 3.05) is 13.2 Å². The van der Waals surface area contributed by atoms with Crippen molar-refractivity contribution in [2.24, 2.45) is 0 Å². The zero-order valence-electron chi connectivity index (χ0n) is 14.8. The summed E-state index contributed by atoms with van der Waals surface area (Å²) in [5.41, 5.74) is 0.772. The van der Waals surface area contributed by atoms with Crippen LogP contribution >= 0.6 is 27.7 Å². The van der Waals surface area contributed by atoms with Gasteiger partial charge in [0, 0.05) is 6.04 Å². The summed E-state index contributed by atoms with van der Waals surface area (Å²) >= 11 is 4.46. The number of ether oxygens (including phenoxy) is 2. The lowest BCUT2D eigenvalue weighted by Gasteiger charge is -2.19. The van der Waals surface area contributed by atoms with Crippen LogP contribution in [-0.2, 0) is 4.79 Å². The van der Waals surface area contributed by atoms with Crippen LogP contribution in [0.4, 0.5) is 4.79 Å². The summed E-state index contributed by atoms with van der Waals surface area (Å²) in [6, 6.07) is 3.56. The Balaban J connectivity index is 2.38. The number of carbonyl (C=O) groups is 2. The highest BCUT2D eigenvalue weighted by Gasteiger charge is 2.37. The molecule has 1 aromatic carbocycles. The van der Waals surface area contributed by atoms with Crippen LogP contribution in [0.3, 0.4) is 0 Å². The van der Waals surface area contributed by atoms with Crippen LogP contribution in [0.15, 0.2) is 21.5 Å². The fourth-order valence-corrected chi connectivity index (χ4v) is 3.92. The second kappa shape index (κ2) is 8.76. The normalized spacial score (nSPS) is 17.3. The molecule has 1 fully saturated rings. The van der Waals surface area contributed by atoms with Crippen LogP contribution in [0.5, 0.6) is 11.5 Å². The van der Waals surface area contributed by atoms with Gasteiger partial charge in [-0.25, -0.2) is 0 Å². The zero-order valence-corrected chi connectivity index (χ0v) is 17.2. The quantitative estimate of drug-likeness (QED) is 0.567. The first kappa shape index (κ1) is 19.8. The Kier molecular flexibility index (Phi) is 6.95. The van der Waals surface area contributed by atoms with Crippen LogP contribution in [0.2, 0.25) is 0 Å². The van der Waals surface area contributed by atoms with Crippen molar-refractivity contribution in [3.63, 3.8) is 0 Å². The van der Waals surface area contributed by atoms with Gasteiger partial charge in [0.2, 0.25) is 0 Å². The van der Waals surface area contributed by atoms with E-state index in [-0.39, 0.29) is 17.2 Å². The summed E-state index contributed by atoms with van der Waals surface area (Å²) < 4.78 is 12.0. The van der Waals surface area contributed by atoms with Crippen molar-refractivity contribution in [3.8, 4) is 11.5 Å². The Hall–Kier alpha value is -1.47. The lowest BCUT2D eigenvalue weighted by Crippen LogP contribution is -2.36. The van der Waals surface area contributed by atoms with Gasteiger partial charge in [-0.15, -0.1) is 0 Å². The standard InChI is InChI=1S/C18H22BrNO4S/c1-5-11(4)20-17(21)15(25-18(20)22)10-12-8-13(19)16(24-7-3)14(9-12)23-6-2/h8-11H,5-7H2,1-4H3/b15-10+/t11-/m0/s1. The van der Waals surface area contributed by atoms with E-state index < -0.39 is 0 Å². The molecule has 0 bridgehead atoms. The van der Waals surface area contributed by atoms with E-state index in [4.69, 9.17) is 9.47 Å². The van der Waals surface area contributed by atoms with E-state index in [0.29, 0.717) is 29.6 Å². The number of amides is 2. The number of thioether (sulfide) groups is 1. The molecule has 0 unspecified atom stereocenters. The number of hydrogen-bond acceptors (Lipinski definition) is 5. The van der Waals surface area contributed by atoms with Crippen LogP contribution < -0.4 is 9.47 Å². The summed E-state index contributed by atoms with van der Waals surface area (Å²) in [4.78, 5) is 26.4. The average Bonchev–Trinajstić information content (AvgIpc) is 2.84. The zero-order chi connectivity index (χ0) is 18.6. The molecule has 1 atom stereocenters. The van der Waals surface area contributed by atoms with E-state index in [0.717, 1.165) is 28.2 Å². The third-order valence-corrected chi connectivity index (χ3v) is 5.25. The maximum atomic E-state index is 12.5. The average molecular weight is 428 g/mol. The number of benzene rings is 1. The predicted octanol–water partition coefficient (Wildman–Crippen LogP) is 5.08. The number of nitrogens with zero attached hydrogens (tertiary/aromatic N) is 1. The Morgan fingerprint density at radius 2 is 1.88 bits per heavy atom. The van der Waals surface area contributed by atoms with Gasteiger partial charge in [0.05, 0.1) is 22.6 Å². The van der Waals surface area contributed by atoms with Gasteiger partial charge in [-0.2, -0.15) is 0 Å². The molecule has 136 valence electrons. The molecule has 0 saturated carbocycles. The molecule has 2 amide bonds. The molecule has 2 rings (SSSR count). The smallest absolute Gasteiger partial charge is 0.293 e. The number of rotatable bonds is 7. The van der Waals surface area contributed by atoms with Crippen molar-refractivity contribution in [1.82, 2.24) is 4.90 Å². The highest BCUT2D eigenvalue weighted by molar-refractivity contribution is 9.10. The lowest BCUT2D eigenvalue weighted by atomic mass is 10.1. The summed E-state index contributed by atoms with van der Waals surface area (Å²) in [5.74, 6) is 0.993. The Labute approximate surface area is 160 Å². The van der Waals surface area contributed by atoms with Gasteiger partial charge in [-0.05, 0) is 78.7 Å². The highest BCUT2D eigenvalue weighted by atomic mass is 79.9. The minimum atomic E-state index is -0.243. The molecule has 0 spiro atoms. The fraction of sp³-hybridized carbons (Fsp3) is 0.444. The first-order valence-corrected chi connectivity index (χ1v) is 9.89. The molecule has 0 aliphatic carbocycles. The topological polar surface area (TPSA) is 55.8 Å². The third kappa shape index (κ3) is 4.39. The summed E-state index contributed by atoms with van der Waals surface area (Å²) in [7, 11) is 0. The molecule has 1 aliphatic rings. The van der Waals surface area contributed by atoms with E-state index in [1.807, 2.05) is 39.8 Å². The molecule has 7 heteroatoms. The Bertz CT molecular complexity index is 705. The SMILES string of the molecule is CCOc1cc(/C=C2/SC(=O)N([C@@H](C)CC)C2=O)cc(Br)c1OCC. The number of carbonyl (C=O) groups excluding carboxylic acids is 2. The second-order valence-electron chi connectivity index (χ2n) is 5.50. The number of imide groups is 1. The molecule has 0 radical (unpaired) electrons. The number of hydrogen-bond donors (Lipinski definition) is 0. The van der Waals surface area contributed by atoms with Crippen LogP contribution in [-0.4, -0.2) is 35.3 Å². The van der Waals surface area contributed by atoms with Gasteiger partial charge in [0.25, 0.3) is 11.1 Å². The molecule has 1 saturated heterocycles. The van der Waals surface area contributed by atoms with Gasteiger partial charge in [-0.3, -0.25) is 14.5 Å². The maximum Gasteiger partial charge on any atom is 0.293 e. The Morgan fingerprint density at radius 3 is 2.48 bits per heavy atom. The summed E-state index contributed by atoms with van der Waals surface area (Å²) in [5, 5.41) is -0.222. The largest absolute Gasteiger partial charge is 0.490 e. The predicted molar refractivity (Wildman–Crippen MR) is 104 cm³/mol. The molecular formula is C18H22BrNO4S. The third-order valence-electron chi connectivity index (χ3n) is 3.77. The van der Waals surface area contributed by atoms with Gasteiger partial charge in [0.1, 0.15) is 0 Å². The fourth-order valence-electron chi connectivity index (χ4n) is 2.41. The van der Waals surface area contributed by atoms with Gasteiger partial charge in [0.15, 0.2) is 11.5 Å². The van der Waals surface area contributed by atoms with E-state index in [1.165, 1.54) is 4.90 Å². The van der Waals surface area contributed by atoms with E-state index in [9.17, 15) is 9.59 Å². The monoisotopic (exact) mass is 427 g/mol. The first-order chi connectivity index (χ1) is 11.9. The van der Waals surface area contributed by atoms with E-state index in [2.05, 4.69) is 15.9 Å². The summed E-state index contributed by atoms with van der Waals surface area (Å²) in [6.45, 7) is 8.65. The number of halogens is 1. The van der Waals surface area contributed by atoms with Crippen molar-refractivity contribution in [3.05, 3.63) is 27.1 Å². The molecule has 5 nitrogen and oxygen atoms in total. The maximum absolute atomic E-state index is 12.5. The lowest BCUT2D eigenvalue weighted by molar-refractivity contribution is -0.124. The van der Waals surface area contributed by atoms with Gasteiger partial charge < -0.3 is 9.47 Å². The van der Waals surface area contributed by atoms with Gasteiger partial charge in [-0.1, -0.05) is 6.92 Å². The minimum Gasteiger partial charge on any atom is -0.490 e. The molecule has 1 heterocycles. The second-order valence-corrected chi connectivity index (χ2v) is 7.35. The highest BCUT2D eigenvalue weighted by Crippen LogP contribution is 2.39. The summed E-state index contributed by atoms with van der Waals surface area (Å²) in [6.07, 6.45) is 2.45. The van der Waals surface area contributed by atoms with E-state index >= 15 is 0 Å². The molecule has 25 heavy (non-hydrogen) atoms. The van der Waals surface area contributed by atoms with Crippen molar-refractivity contribution >= 4 is 44.9 Å². The molecule has 1 aliphatic heterocycles. The Morgan fingerprint density at radius 1 is 1.20 bits per heavy atom. The van der Waals surface area contributed by atoms with E-state index in [1.54, 1.807) is 6.08 Å². The van der Waals surface area contributed by atoms with Crippen LogP contribution in [0.25, 0.3) is 6.08 Å². The minimum absolute atomic E-state index is 0.107. The first-order valence-electron chi connectivity index (χ1n) is 8.29. The van der Waals surface area contributed by atoms with Crippen molar-refractivity contribution in [1.29, 1.82) is 0 Å². The van der Waals surface area contributed by atoms with Crippen molar-refractivity contribution < 1.29 is 19.1 Å². The van der Waals surface area contributed by atoms with Crippen LogP contribution in [0.1, 0.15) is 39.7 Å². The van der Waals surface area contributed by atoms with Crippen LogP contribution in [0, 0.1) is 0 Å².